The van der Waals surface area contributed by atoms with E-state index in [4.69, 9.17) is 9.47 Å². The summed E-state index contributed by atoms with van der Waals surface area (Å²) in [7, 11) is 0. The molecule has 0 aliphatic carbocycles. The molecular formula is C23H25N3O3. The average molecular weight is 391 g/mol. The van der Waals surface area contributed by atoms with E-state index >= 15 is 0 Å². The number of rotatable bonds is 7. The lowest BCUT2D eigenvalue weighted by molar-refractivity contribution is -0.116. The lowest BCUT2D eigenvalue weighted by Crippen LogP contribution is -2.17. The van der Waals surface area contributed by atoms with E-state index in [0.29, 0.717) is 38.4 Å². The van der Waals surface area contributed by atoms with E-state index in [1.807, 2.05) is 28.9 Å². The number of amides is 1. The predicted molar refractivity (Wildman–Crippen MR) is 112 cm³/mol. The second-order valence-electron chi connectivity index (χ2n) is 7.07. The van der Waals surface area contributed by atoms with Crippen LogP contribution in [0.15, 0.2) is 54.7 Å². The summed E-state index contributed by atoms with van der Waals surface area (Å²) in [5, 5.41) is 7.32. The fourth-order valence-electron chi connectivity index (χ4n) is 3.32. The van der Waals surface area contributed by atoms with Gasteiger partial charge in [-0.25, -0.2) is 4.68 Å². The van der Waals surface area contributed by atoms with E-state index in [2.05, 4.69) is 41.6 Å². The van der Waals surface area contributed by atoms with Gasteiger partial charge in [0.05, 0.1) is 12.7 Å². The summed E-state index contributed by atoms with van der Waals surface area (Å²) in [4.78, 5) is 12.5. The van der Waals surface area contributed by atoms with Gasteiger partial charge in [0, 0.05) is 12.5 Å². The van der Waals surface area contributed by atoms with Crippen molar-refractivity contribution in [2.45, 2.75) is 32.7 Å². The third-order valence-corrected chi connectivity index (χ3v) is 4.99. The first-order valence-electron chi connectivity index (χ1n) is 9.99. The normalized spacial score (nSPS) is 12.6. The van der Waals surface area contributed by atoms with E-state index in [9.17, 15) is 4.79 Å². The molecule has 29 heavy (non-hydrogen) atoms. The summed E-state index contributed by atoms with van der Waals surface area (Å²) >= 11 is 0. The fraction of sp³-hybridized carbons (Fsp3) is 0.304. The molecule has 3 aromatic rings. The van der Waals surface area contributed by atoms with Crippen molar-refractivity contribution >= 4 is 11.7 Å². The molecule has 0 saturated heterocycles. The molecule has 150 valence electrons. The molecule has 0 spiro atoms. The van der Waals surface area contributed by atoms with Crippen molar-refractivity contribution in [3.05, 3.63) is 71.4 Å². The smallest absolute Gasteiger partial charge is 0.225 e. The number of ether oxygens (including phenoxy) is 2. The monoisotopic (exact) mass is 391 g/mol. The van der Waals surface area contributed by atoms with Gasteiger partial charge < -0.3 is 14.8 Å². The van der Waals surface area contributed by atoms with Crippen LogP contribution in [0.25, 0.3) is 0 Å². The van der Waals surface area contributed by atoms with Gasteiger partial charge in [-0.3, -0.25) is 4.79 Å². The lowest BCUT2D eigenvalue weighted by Gasteiger charge is -2.18. The zero-order chi connectivity index (χ0) is 20.1. The number of aromatic nitrogens is 2. The molecule has 1 N–H and O–H groups in total. The van der Waals surface area contributed by atoms with Crippen LogP contribution in [0.3, 0.4) is 0 Å². The highest BCUT2D eigenvalue weighted by atomic mass is 16.6. The lowest BCUT2D eigenvalue weighted by atomic mass is 10.1. The van der Waals surface area contributed by atoms with Gasteiger partial charge in [-0.05, 0) is 41.7 Å². The van der Waals surface area contributed by atoms with Crippen LogP contribution < -0.4 is 14.8 Å². The van der Waals surface area contributed by atoms with Gasteiger partial charge >= 0.3 is 0 Å². The van der Waals surface area contributed by atoms with E-state index in [0.717, 1.165) is 29.0 Å². The maximum Gasteiger partial charge on any atom is 0.225 e. The number of nitrogens with one attached hydrogen (secondary N) is 1. The summed E-state index contributed by atoms with van der Waals surface area (Å²) < 4.78 is 12.9. The Hall–Kier alpha value is -3.28. The second kappa shape index (κ2) is 8.82. The van der Waals surface area contributed by atoms with Crippen molar-refractivity contribution in [3.8, 4) is 11.5 Å². The van der Waals surface area contributed by atoms with Crippen LogP contribution in [0, 0.1) is 0 Å². The van der Waals surface area contributed by atoms with E-state index < -0.39 is 0 Å². The van der Waals surface area contributed by atoms with E-state index in [1.165, 1.54) is 5.56 Å². The minimum Gasteiger partial charge on any atom is -0.486 e. The van der Waals surface area contributed by atoms with E-state index in [-0.39, 0.29) is 5.91 Å². The molecule has 6 nitrogen and oxygen atoms in total. The number of carbonyl (C=O) groups is 1. The first kappa shape index (κ1) is 19.1. The average Bonchev–Trinajstić information content (AvgIpc) is 3.19. The Morgan fingerprint density at radius 3 is 2.52 bits per heavy atom. The maximum absolute atomic E-state index is 12.5. The van der Waals surface area contributed by atoms with Crippen LogP contribution >= 0.6 is 0 Å². The fourth-order valence-corrected chi connectivity index (χ4v) is 3.32. The molecule has 4 rings (SSSR count). The first-order chi connectivity index (χ1) is 14.2. The summed E-state index contributed by atoms with van der Waals surface area (Å²) in [6, 6.07) is 16.1. The molecule has 0 bridgehead atoms. The quantitative estimate of drug-likeness (QED) is 0.665. The Balaban J connectivity index is 1.33. The third kappa shape index (κ3) is 4.77. The molecule has 1 aliphatic heterocycles. The number of hydrogen-bond donors (Lipinski definition) is 1. The second-order valence-corrected chi connectivity index (χ2v) is 7.07. The molecule has 6 heteroatoms. The van der Waals surface area contributed by atoms with Crippen molar-refractivity contribution in [1.29, 1.82) is 0 Å². The summed E-state index contributed by atoms with van der Waals surface area (Å²) in [5.74, 6) is 2.18. The van der Waals surface area contributed by atoms with Gasteiger partial charge in [0.2, 0.25) is 5.91 Å². The van der Waals surface area contributed by atoms with Gasteiger partial charge in [-0.15, -0.1) is 0 Å². The Labute approximate surface area is 170 Å². The molecule has 1 aromatic heterocycles. The topological polar surface area (TPSA) is 65.4 Å². The minimum absolute atomic E-state index is 0.0389. The first-order valence-corrected chi connectivity index (χ1v) is 9.99. The van der Waals surface area contributed by atoms with Crippen LogP contribution in [0.2, 0.25) is 0 Å². The third-order valence-electron chi connectivity index (χ3n) is 4.99. The molecule has 0 saturated carbocycles. The SMILES string of the molecule is CCc1ccc(Cn2nccc2NC(=O)CCc2ccc3c(c2)OCCO3)cc1. The minimum atomic E-state index is -0.0389. The maximum atomic E-state index is 12.5. The van der Waals surface area contributed by atoms with Gasteiger partial charge in [-0.2, -0.15) is 5.10 Å². The van der Waals surface area contributed by atoms with E-state index in [1.54, 1.807) is 6.20 Å². The standard InChI is InChI=1S/C23H25N3O3/c1-2-17-3-5-19(6-4-17)16-26-22(11-12-24-26)25-23(27)10-8-18-7-9-20-21(15-18)29-14-13-28-20/h3-7,9,11-12,15H,2,8,10,13-14,16H2,1H3,(H,25,27). The number of carbonyl (C=O) groups excluding carboxylic acids is 1. The molecule has 0 fully saturated rings. The van der Waals surface area contributed by atoms with Crippen molar-refractivity contribution in [2.24, 2.45) is 0 Å². The summed E-state index contributed by atoms with van der Waals surface area (Å²) in [6.07, 6.45) is 3.74. The highest BCUT2D eigenvalue weighted by Gasteiger charge is 2.13. The van der Waals surface area contributed by atoms with Crippen LogP contribution in [0.4, 0.5) is 5.82 Å². The number of anilines is 1. The molecule has 2 aromatic carbocycles. The zero-order valence-electron chi connectivity index (χ0n) is 16.6. The highest BCUT2D eigenvalue weighted by molar-refractivity contribution is 5.90. The molecule has 2 heterocycles. The molecule has 0 radical (unpaired) electrons. The van der Waals surface area contributed by atoms with Crippen molar-refractivity contribution in [3.63, 3.8) is 0 Å². The number of aryl methyl sites for hydroxylation is 2. The molecule has 1 aliphatic rings. The van der Waals surface area contributed by atoms with Crippen LogP contribution in [0.5, 0.6) is 11.5 Å². The summed E-state index contributed by atoms with van der Waals surface area (Å²) in [6.45, 7) is 3.89. The number of hydrogen-bond acceptors (Lipinski definition) is 4. The van der Waals surface area contributed by atoms with Crippen molar-refractivity contribution in [1.82, 2.24) is 9.78 Å². The van der Waals surface area contributed by atoms with Crippen molar-refractivity contribution < 1.29 is 14.3 Å². The largest absolute Gasteiger partial charge is 0.486 e. The van der Waals surface area contributed by atoms with Crippen molar-refractivity contribution in [2.75, 3.05) is 18.5 Å². The van der Waals surface area contributed by atoms with Gasteiger partial charge in [-0.1, -0.05) is 37.3 Å². The van der Waals surface area contributed by atoms with Crippen LogP contribution in [-0.4, -0.2) is 28.9 Å². The van der Waals surface area contributed by atoms with Gasteiger partial charge in [0.15, 0.2) is 11.5 Å². The Morgan fingerprint density at radius 1 is 1.00 bits per heavy atom. The Bertz CT molecular complexity index is 979. The number of fused-ring (bicyclic) bond motifs is 1. The zero-order valence-corrected chi connectivity index (χ0v) is 16.6. The molecule has 0 atom stereocenters. The Kier molecular flexibility index (Phi) is 5.79. The van der Waals surface area contributed by atoms with Gasteiger partial charge in [0.25, 0.3) is 0 Å². The molecule has 0 unspecified atom stereocenters. The predicted octanol–water partition coefficient (Wildman–Crippen LogP) is 3.84. The van der Waals surface area contributed by atoms with Crippen LogP contribution in [0.1, 0.15) is 30.0 Å². The number of benzene rings is 2. The Morgan fingerprint density at radius 2 is 1.72 bits per heavy atom. The molecular weight excluding hydrogens is 366 g/mol. The van der Waals surface area contributed by atoms with Crippen LogP contribution in [-0.2, 0) is 24.2 Å². The highest BCUT2D eigenvalue weighted by Crippen LogP contribution is 2.31. The van der Waals surface area contributed by atoms with Gasteiger partial charge in [0.1, 0.15) is 19.0 Å². The molecule has 1 amide bonds. The number of nitrogens with zero attached hydrogens (tertiary/aromatic N) is 2. The summed E-state index contributed by atoms with van der Waals surface area (Å²) in [5.41, 5.74) is 3.51.